The summed E-state index contributed by atoms with van der Waals surface area (Å²) in [5.41, 5.74) is 0.215. The van der Waals surface area contributed by atoms with Crippen LogP contribution in [0.2, 0.25) is 0 Å². The van der Waals surface area contributed by atoms with E-state index in [1.807, 2.05) is 14.0 Å². The van der Waals surface area contributed by atoms with Crippen molar-refractivity contribution in [2.45, 2.75) is 76.9 Å². The summed E-state index contributed by atoms with van der Waals surface area (Å²) in [6, 6.07) is 4.67. The van der Waals surface area contributed by atoms with Gasteiger partial charge in [-0.15, -0.1) is 0 Å². The molecule has 1 aliphatic heterocycles. The summed E-state index contributed by atoms with van der Waals surface area (Å²) < 4.78 is 35.0. The van der Waals surface area contributed by atoms with E-state index in [-0.39, 0.29) is 24.0 Å². The van der Waals surface area contributed by atoms with Crippen molar-refractivity contribution in [3.8, 4) is 0 Å². The number of ether oxygens (including phenoxy) is 1. The van der Waals surface area contributed by atoms with E-state index < -0.39 is 17.7 Å². The standard InChI is InChI=1S/C27H43F2N3O2/c1-3-14-31-25(33)19-34-27(23-12-7-13-24(28)26(23)29)21-11-8-15-32(18-21)22(17-30-2)16-20-9-5-4-6-10-20/h7,12-13,20-22,27,30H,3-6,8-11,14-19H2,1-2H3,(H,31,33). The smallest absolute Gasteiger partial charge is 0.246 e. The fourth-order valence-electron chi connectivity index (χ4n) is 5.72. The Morgan fingerprint density at radius 2 is 1.97 bits per heavy atom. The maximum absolute atomic E-state index is 14.8. The van der Waals surface area contributed by atoms with Crippen molar-refractivity contribution in [2.24, 2.45) is 11.8 Å². The molecule has 1 saturated heterocycles. The lowest BCUT2D eigenvalue weighted by Crippen LogP contribution is -2.49. The number of amides is 1. The average Bonchev–Trinajstić information content (AvgIpc) is 2.86. The molecule has 34 heavy (non-hydrogen) atoms. The number of rotatable bonds is 12. The SMILES string of the molecule is CCCNC(=O)COC(c1cccc(F)c1F)C1CCCN(C(CNC)CC2CCCCC2)C1. The second-order valence-electron chi connectivity index (χ2n) is 10.1. The minimum Gasteiger partial charge on any atom is -0.363 e. The third-order valence-electron chi connectivity index (χ3n) is 7.46. The van der Waals surface area contributed by atoms with Crippen LogP contribution in [0, 0.1) is 23.5 Å². The maximum Gasteiger partial charge on any atom is 0.246 e. The van der Waals surface area contributed by atoms with Crippen molar-refractivity contribution >= 4 is 5.91 Å². The van der Waals surface area contributed by atoms with Gasteiger partial charge in [-0.2, -0.15) is 0 Å². The first-order valence-corrected chi connectivity index (χ1v) is 13.2. The average molecular weight is 480 g/mol. The first-order chi connectivity index (χ1) is 16.5. The number of piperidine rings is 1. The van der Waals surface area contributed by atoms with Crippen LogP contribution in [0.4, 0.5) is 8.78 Å². The van der Waals surface area contributed by atoms with Gasteiger partial charge in [0.25, 0.3) is 0 Å². The highest BCUT2D eigenvalue weighted by Crippen LogP contribution is 2.36. The van der Waals surface area contributed by atoms with Crippen LogP contribution < -0.4 is 10.6 Å². The molecule has 5 nitrogen and oxygen atoms in total. The summed E-state index contributed by atoms with van der Waals surface area (Å²) in [4.78, 5) is 14.7. The zero-order valence-electron chi connectivity index (χ0n) is 21.0. The Hall–Kier alpha value is -1.57. The Bertz CT molecular complexity index is 757. The molecule has 1 saturated carbocycles. The number of nitrogens with one attached hydrogen (secondary N) is 2. The highest BCUT2D eigenvalue weighted by Gasteiger charge is 2.35. The molecule has 1 aromatic rings. The van der Waals surface area contributed by atoms with Crippen molar-refractivity contribution in [2.75, 3.05) is 39.8 Å². The lowest BCUT2D eigenvalue weighted by Gasteiger charge is -2.42. The van der Waals surface area contributed by atoms with Crippen molar-refractivity contribution in [1.82, 2.24) is 15.5 Å². The number of carbonyl (C=O) groups is 1. The zero-order valence-corrected chi connectivity index (χ0v) is 21.0. The van der Waals surface area contributed by atoms with Gasteiger partial charge in [0, 0.05) is 37.2 Å². The number of carbonyl (C=O) groups excluding carboxylic acids is 1. The number of hydrogen-bond acceptors (Lipinski definition) is 4. The van der Waals surface area contributed by atoms with E-state index in [1.165, 1.54) is 44.6 Å². The number of halogens is 2. The van der Waals surface area contributed by atoms with Crippen LogP contribution in [-0.4, -0.2) is 56.7 Å². The molecule has 2 aliphatic rings. The van der Waals surface area contributed by atoms with Gasteiger partial charge in [-0.3, -0.25) is 9.69 Å². The molecule has 2 fully saturated rings. The van der Waals surface area contributed by atoms with Crippen LogP contribution >= 0.6 is 0 Å². The maximum atomic E-state index is 14.8. The summed E-state index contributed by atoms with van der Waals surface area (Å²) in [7, 11) is 2.00. The second-order valence-corrected chi connectivity index (χ2v) is 10.1. The van der Waals surface area contributed by atoms with Gasteiger partial charge in [-0.1, -0.05) is 51.2 Å². The molecule has 1 aromatic carbocycles. The largest absolute Gasteiger partial charge is 0.363 e. The second kappa shape index (κ2) is 14.1. The van der Waals surface area contributed by atoms with Crippen LogP contribution in [0.5, 0.6) is 0 Å². The molecule has 0 radical (unpaired) electrons. The molecule has 1 amide bonds. The first-order valence-electron chi connectivity index (χ1n) is 13.2. The molecule has 1 heterocycles. The molecule has 192 valence electrons. The van der Waals surface area contributed by atoms with Crippen molar-refractivity contribution in [1.29, 1.82) is 0 Å². The van der Waals surface area contributed by atoms with Crippen molar-refractivity contribution in [3.63, 3.8) is 0 Å². The Kier molecular flexibility index (Phi) is 11.2. The molecular formula is C27H43F2N3O2. The zero-order chi connectivity index (χ0) is 24.3. The molecule has 3 unspecified atom stereocenters. The minimum absolute atomic E-state index is 0.00487. The quantitative estimate of drug-likeness (QED) is 0.451. The van der Waals surface area contributed by atoms with Gasteiger partial charge in [-0.05, 0) is 51.3 Å². The fourth-order valence-corrected chi connectivity index (χ4v) is 5.72. The normalized spacial score (nSPS) is 21.8. The van der Waals surface area contributed by atoms with Crippen molar-refractivity contribution in [3.05, 3.63) is 35.4 Å². The van der Waals surface area contributed by atoms with Gasteiger partial charge in [-0.25, -0.2) is 8.78 Å². The monoisotopic (exact) mass is 479 g/mol. The summed E-state index contributed by atoms with van der Waals surface area (Å²) in [6.07, 6.45) is 9.82. The first kappa shape index (κ1) is 27.0. The number of benzene rings is 1. The molecule has 0 aromatic heterocycles. The number of likely N-dealkylation sites (N-methyl/N-ethyl adjacent to an activating group) is 1. The highest BCUT2D eigenvalue weighted by atomic mass is 19.2. The minimum atomic E-state index is -0.875. The van der Waals surface area contributed by atoms with Gasteiger partial charge in [0.1, 0.15) is 6.61 Å². The Morgan fingerprint density at radius 1 is 1.18 bits per heavy atom. The Morgan fingerprint density at radius 3 is 2.71 bits per heavy atom. The van der Waals surface area contributed by atoms with E-state index in [4.69, 9.17) is 4.74 Å². The van der Waals surface area contributed by atoms with E-state index in [1.54, 1.807) is 6.07 Å². The van der Waals surface area contributed by atoms with E-state index in [9.17, 15) is 13.6 Å². The summed E-state index contributed by atoms with van der Waals surface area (Å²) in [6.45, 7) is 5.09. The number of hydrogen-bond donors (Lipinski definition) is 2. The molecule has 0 bridgehead atoms. The van der Waals surface area contributed by atoms with E-state index in [0.717, 1.165) is 50.9 Å². The van der Waals surface area contributed by atoms with E-state index in [2.05, 4.69) is 15.5 Å². The predicted molar refractivity (Wildman–Crippen MR) is 132 cm³/mol. The molecule has 0 spiro atoms. The van der Waals surface area contributed by atoms with Gasteiger partial charge < -0.3 is 15.4 Å². The van der Waals surface area contributed by atoms with Gasteiger partial charge in [0.05, 0.1) is 6.10 Å². The predicted octanol–water partition coefficient (Wildman–Crippen LogP) is 4.82. The lowest BCUT2D eigenvalue weighted by atomic mass is 9.83. The summed E-state index contributed by atoms with van der Waals surface area (Å²) in [5, 5.41) is 6.18. The van der Waals surface area contributed by atoms with Crippen LogP contribution in [0.1, 0.15) is 76.4 Å². The van der Waals surface area contributed by atoms with Crippen molar-refractivity contribution < 1.29 is 18.3 Å². The van der Waals surface area contributed by atoms with Gasteiger partial charge in [0.15, 0.2) is 11.6 Å². The van der Waals surface area contributed by atoms with Gasteiger partial charge >= 0.3 is 0 Å². The van der Waals surface area contributed by atoms with Gasteiger partial charge in [0.2, 0.25) is 5.91 Å². The third-order valence-corrected chi connectivity index (χ3v) is 7.46. The van der Waals surface area contributed by atoms with E-state index in [0.29, 0.717) is 12.6 Å². The Balaban J connectivity index is 1.74. The molecule has 3 atom stereocenters. The topological polar surface area (TPSA) is 53.6 Å². The van der Waals surface area contributed by atoms with Crippen LogP contribution in [0.25, 0.3) is 0 Å². The van der Waals surface area contributed by atoms with Crippen LogP contribution in [-0.2, 0) is 9.53 Å². The summed E-state index contributed by atoms with van der Waals surface area (Å²) >= 11 is 0. The van der Waals surface area contributed by atoms with E-state index >= 15 is 0 Å². The number of nitrogens with zero attached hydrogens (tertiary/aromatic N) is 1. The Labute approximate surface area is 204 Å². The molecule has 1 aliphatic carbocycles. The van der Waals surface area contributed by atoms with Crippen LogP contribution in [0.15, 0.2) is 18.2 Å². The summed E-state index contributed by atoms with van der Waals surface area (Å²) in [5.74, 6) is -1.20. The molecular weight excluding hydrogens is 436 g/mol. The highest BCUT2D eigenvalue weighted by molar-refractivity contribution is 5.77. The molecule has 2 N–H and O–H groups in total. The van der Waals surface area contributed by atoms with Crippen LogP contribution in [0.3, 0.4) is 0 Å². The molecule has 3 rings (SSSR count). The molecule has 7 heteroatoms. The fraction of sp³-hybridized carbons (Fsp3) is 0.741. The third kappa shape index (κ3) is 7.72. The lowest BCUT2D eigenvalue weighted by molar-refractivity contribution is -0.130. The number of likely N-dealkylation sites (tertiary alicyclic amines) is 1.